The molecule has 3 aromatic rings. The normalized spacial score (nSPS) is 15.2. The average molecular weight is 369 g/mol. The summed E-state index contributed by atoms with van der Waals surface area (Å²) < 4.78 is 7.06. The van der Waals surface area contributed by atoms with Gasteiger partial charge in [-0.25, -0.2) is 0 Å². The minimum absolute atomic E-state index is 0.104. The first-order valence-corrected chi connectivity index (χ1v) is 8.75. The molecule has 1 amide bonds. The summed E-state index contributed by atoms with van der Waals surface area (Å²) in [5.74, 6) is -0.854. The van der Waals surface area contributed by atoms with Crippen LogP contribution in [0, 0.1) is 5.92 Å². The third-order valence-electron chi connectivity index (χ3n) is 4.61. The van der Waals surface area contributed by atoms with E-state index in [0.717, 1.165) is 11.1 Å². The Bertz CT molecular complexity index is 938. The van der Waals surface area contributed by atoms with Crippen molar-refractivity contribution in [1.29, 1.82) is 0 Å². The predicted molar refractivity (Wildman–Crippen MR) is 97.4 cm³/mol. The van der Waals surface area contributed by atoms with Gasteiger partial charge in [-0.2, -0.15) is 10.1 Å². The first-order valence-electron chi connectivity index (χ1n) is 8.75. The molecule has 9 heteroatoms. The maximum Gasteiger partial charge on any atom is 0.325 e. The van der Waals surface area contributed by atoms with Crippen LogP contribution in [0.1, 0.15) is 12.8 Å². The van der Waals surface area contributed by atoms with Crippen molar-refractivity contribution < 1.29 is 19.1 Å². The van der Waals surface area contributed by atoms with Crippen molar-refractivity contribution in [2.45, 2.75) is 19.4 Å². The number of carbonyl (C=O) groups excluding carboxylic acids is 1. The zero-order chi connectivity index (χ0) is 18.8. The average Bonchev–Trinajstić information content (AvgIpc) is 3.28. The molecule has 2 N–H and O–H groups in total. The molecule has 1 fully saturated rings. The zero-order valence-corrected chi connectivity index (χ0v) is 14.5. The Hall–Kier alpha value is -3.36. The van der Waals surface area contributed by atoms with E-state index in [1.165, 1.54) is 10.9 Å². The number of carboxylic acid groups (broad SMARTS) is 1. The number of carboxylic acids is 1. The number of hydrogen-bond donors (Lipinski definition) is 2. The second-order valence-corrected chi connectivity index (χ2v) is 6.51. The Kier molecular flexibility index (Phi) is 4.49. The van der Waals surface area contributed by atoms with Gasteiger partial charge in [0, 0.05) is 31.3 Å². The van der Waals surface area contributed by atoms with Crippen molar-refractivity contribution >= 4 is 34.8 Å². The number of carbonyl (C=O) groups is 2. The molecular weight excluding hydrogens is 350 g/mol. The first-order chi connectivity index (χ1) is 13.1. The molecule has 1 aromatic carbocycles. The van der Waals surface area contributed by atoms with Gasteiger partial charge in [0.1, 0.15) is 12.1 Å². The lowest BCUT2D eigenvalue weighted by atomic mass is 9.96. The maximum absolute atomic E-state index is 12.4. The van der Waals surface area contributed by atoms with Gasteiger partial charge < -0.3 is 19.7 Å². The lowest BCUT2D eigenvalue weighted by Gasteiger charge is -2.29. The number of amides is 1. The number of oxazole rings is 1. The minimum atomic E-state index is -0.984. The number of fused-ring (bicyclic) bond motifs is 1. The summed E-state index contributed by atoms with van der Waals surface area (Å²) in [6.45, 7) is 1.12. The fraction of sp³-hybridized carbons (Fsp3) is 0.333. The summed E-state index contributed by atoms with van der Waals surface area (Å²) in [4.78, 5) is 29.7. The number of hydrogen-bond acceptors (Lipinski definition) is 6. The van der Waals surface area contributed by atoms with Crippen molar-refractivity contribution in [3.63, 3.8) is 0 Å². The van der Waals surface area contributed by atoms with Gasteiger partial charge in [0.2, 0.25) is 5.91 Å². The largest absolute Gasteiger partial charge is 0.480 e. The molecule has 1 saturated heterocycles. The Labute approximate surface area is 154 Å². The molecule has 0 aliphatic carbocycles. The molecule has 4 rings (SSSR count). The van der Waals surface area contributed by atoms with Gasteiger partial charge >= 0.3 is 5.97 Å². The highest BCUT2D eigenvalue weighted by molar-refractivity contribution is 5.91. The molecule has 9 nitrogen and oxygen atoms in total. The Morgan fingerprint density at radius 3 is 2.74 bits per heavy atom. The molecule has 0 bridgehead atoms. The number of para-hydroxylation sites is 2. The van der Waals surface area contributed by atoms with Crippen LogP contribution in [0.3, 0.4) is 0 Å². The quantitative estimate of drug-likeness (QED) is 0.707. The molecule has 0 spiro atoms. The van der Waals surface area contributed by atoms with Gasteiger partial charge in [0.05, 0.1) is 0 Å². The van der Waals surface area contributed by atoms with Crippen molar-refractivity contribution in [1.82, 2.24) is 14.8 Å². The summed E-state index contributed by atoms with van der Waals surface area (Å²) in [5.41, 5.74) is 1.58. The summed E-state index contributed by atoms with van der Waals surface area (Å²) in [6.07, 6.45) is 2.89. The van der Waals surface area contributed by atoms with Crippen molar-refractivity contribution in [2.24, 2.45) is 5.92 Å². The molecule has 2 aromatic heterocycles. The third-order valence-corrected chi connectivity index (χ3v) is 4.61. The fourth-order valence-corrected chi connectivity index (χ4v) is 3.21. The van der Waals surface area contributed by atoms with Crippen LogP contribution in [-0.2, 0) is 16.1 Å². The van der Waals surface area contributed by atoms with E-state index in [1.54, 1.807) is 6.07 Å². The molecule has 3 heterocycles. The molecular formula is C18H19N5O4. The number of anilines is 2. The standard InChI is InChI=1S/C18H19N5O4/c24-16(25)11-23-10-7-15(21-23)20-17(26)12-5-8-22(9-6-12)18-19-13-3-1-2-4-14(13)27-18/h1-4,7,10,12H,5-6,8-9,11H2,(H,24,25)(H,20,21,26). The fourth-order valence-electron chi connectivity index (χ4n) is 3.21. The number of rotatable bonds is 5. The lowest BCUT2D eigenvalue weighted by Crippen LogP contribution is -2.38. The van der Waals surface area contributed by atoms with E-state index in [2.05, 4.69) is 15.4 Å². The summed E-state index contributed by atoms with van der Waals surface area (Å²) in [7, 11) is 0. The van der Waals surface area contributed by atoms with E-state index >= 15 is 0 Å². The summed E-state index contributed by atoms with van der Waals surface area (Å²) in [5, 5.41) is 15.6. The predicted octanol–water partition coefficient (Wildman–Crippen LogP) is 1.96. The van der Waals surface area contributed by atoms with Gasteiger partial charge in [0.25, 0.3) is 6.01 Å². The molecule has 140 valence electrons. The third kappa shape index (κ3) is 3.76. The topological polar surface area (TPSA) is 113 Å². The van der Waals surface area contributed by atoms with E-state index in [1.807, 2.05) is 29.2 Å². The van der Waals surface area contributed by atoms with Crippen LogP contribution in [0.2, 0.25) is 0 Å². The lowest BCUT2D eigenvalue weighted by molar-refractivity contribution is -0.137. The second kappa shape index (κ2) is 7.10. The van der Waals surface area contributed by atoms with Crippen molar-refractivity contribution in [3.8, 4) is 0 Å². The van der Waals surface area contributed by atoms with Crippen LogP contribution in [0.25, 0.3) is 11.1 Å². The Balaban J connectivity index is 1.33. The van der Waals surface area contributed by atoms with Crippen molar-refractivity contribution in [3.05, 3.63) is 36.5 Å². The summed E-state index contributed by atoms with van der Waals surface area (Å²) in [6, 6.07) is 9.80. The number of benzene rings is 1. The van der Waals surface area contributed by atoms with Crippen molar-refractivity contribution in [2.75, 3.05) is 23.3 Å². The number of nitrogens with zero attached hydrogens (tertiary/aromatic N) is 4. The molecule has 0 atom stereocenters. The molecule has 0 radical (unpaired) electrons. The van der Waals surface area contributed by atoms with Gasteiger partial charge in [-0.1, -0.05) is 12.1 Å². The van der Waals surface area contributed by atoms with Gasteiger partial charge in [-0.05, 0) is 25.0 Å². The minimum Gasteiger partial charge on any atom is -0.480 e. The van der Waals surface area contributed by atoms with E-state index < -0.39 is 5.97 Å². The number of piperidine rings is 1. The van der Waals surface area contributed by atoms with Crippen LogP contribution < -0.4 is 10.2 Å². The Morgan fingerprint density at radius 2 is 2.00 bits per heavy atom. The van der Waals surface area contributed by atoms with Crippen LogP contribution in [0.4, 0.5) is 11.8 Å². The van der Waals surface area contributed by atoms with E-state index in [0.29, 0.717) is 37.8 Å². The molecule has 0 saturated carbocycles. The van der Waals surface area contributed by atoms with Gasteiger partial charge in [0.15, 0.2) is 11.4 Å². The van der Waals surface area contributed by atoms with E-state index in [4.69, 9.17) is 9.52 Å². The highest BCUT2D eigenvalue weighted by Crippen LogP contribution is 2.26. The van der Waals surface area contributed by atoms with Gasteiger partial charge in [-0.3, -0.25) is 14.3 Å². The molecule has 27 heavy (non-hydrogen) atoms. The Morgan fingerprint density at radius 1 is 1.22 bits per heavy atom. The summed E-state index contributed by atoms with van der Waals surface area (Å²) >= 11 is 0. The smallest absolute Gasteiger partial charge is 0.325 e. The maximum atomic E-state index is 12.4. The van der Waals surface area contributed by atoms with Crippen LogP contribution in [0.5, 0.6) is 0 Å². The zero-order valence-electron chi connectivity index (χ0n) is 14.5. The van der Waals surface area contributed by atoms with Crippen LogP contribution >= 0.6 is 0 Å². The van der Waals surface area contributed by atoms with E-state index in [-0.39, 0.29) is 18.4 Å². The highest BCUT2D eigenvalue weighted by Gasteiger charge is 2.27. The first kappa shape index (κ1) is 17.1. The monoisotopic (exact) mass is 369 g/mol. The van der Waals surface area contributed by atoms with E-state index in [9.17, 15) is 9.59 Å². The number of aliphatic carboxylic acids is 1. The molecule has 1 aliphatic rings. The molecule has 0 unspecified atom stereocenters. The van der Waals surface area contributed by atoms with Gasteiger partial charge in [-0.15, -0.1) is 0 Å². The molecule has 1 aliphatic heterocycles. The van der Waals surface area contributed by atoms with Crippen LogP contribution in [0.15, 0.2) is 40.9 Å². The highest BCUT2D eigenvalue weighted by atomic mass is 16.4. The SMILES string of the molecule is O=C(O)Cn1ccc(NC(=O)C2CCN(c3nc4ccccc4o3)CC2)n1. The number of nitrogens with one attached hydrogen (secondary N) is 1. The number of aromatic nitrogens is 3. The second-order valence-electron chi connectivity index (χ2n) is 6.51. The van der Waals surface area contributed by atoms with Crippen LogP contribution in [-0.4, -0.2) is 44.8 Å².